The summed E-state index contributed by atoms with van der Waals surface area (Å²) in [6.07, 6.45) is 29.6. The van der Waals surface area contributed by atoms with E-state index >= 15 is 0 Å². The van der Waals surface area contributed by atoms with Crippen LogP contribution in [0.25, 0.3) is 0 Å². The zero-order chi connectivity index (χ0) is 30.4. The van der Waals surface area contributed by atoms with Gasteiger partial charge in [-0.15, -0.1) is 0 Å². The topological polar surface area (TPSA) is 8.81 Å². The fraction of sp³-hybridized carbons (Fsp3) is 0.634. The van der Waals surface area contributed by atoms with Crippen LogP contribution >= 0.6 is 0 Å². The lowest BCUT2D eigenvalue weighted by atomic mass is 9.96. The van der Waals surface area contributed by atoms with Gasteiger partial charge in [-0.25, -0.2) is 9.13 Å². The number of benzene rings is 2. The highest BCUT2D eigenvalue weighted by atomic mass is 15.2. The maximum Gasteiger partial charge on any atom is 0.261 e. The molecule has 0 aliphatic carbocycles. The van der Waals surface area contributed by atoms with Crippen molar-refractivity contribution in [1.82, 2.24) is 4.57 Å². The van der Waals surface area contributed by atoms with Gasteiger partial charge >= 0.3 is 0 Å². The van der Waals surface area contributed by atoms with Gasteiger partial charge in [-0.05, 0) is 42.7 Å². The first-order valence-corrected chi connectivity index (χ1v) is 18.4. The molecule has 2 aromatic carbocycles. The average Bonchev–Trinajstić information content (AvgIpc) is 3.35. The highest BCUT2D eigenvalue weighted by molar-refractivity contribution is 5.22. The summed E-state index contributed by atoms with van der Waals surface area (Å²) >= 11 is 0. The Labute approximate surface area is 266 Å². The van der Waals surface area contributed by atoms with Gasteiger partial charge in [-0.3, -0.25) is 0 Å². The second kappa shape index (κ2) is 22.2. The van der Waals surface area contributed by atoms with Crippen LogP contribution in [0.2, 0.25) is 0 Å². The zero-order valence-electron chi connectivity index (χ0n) is 28.4. The van der Waals surface area contributed by atoms with Gasteiger partial charge in [0.25, 0.3) is 5.82 Å². The molecule has 1 heterocycles. The molecule has 1 atom stereocenters. The molecule has 2 nitrogen and oxygen atoms in total. The summed E-state index contributed by atoms with van der Waals surface area (Å²) in [5, 5.41) is 0. The second-order valence-corrected chi connectivity index (χ2v) is 13.2. The lowest BCUT2D eigenvalue weighted by Gasteiger charge is -2.12. The second-order valence-electron chi connectivity index (χ2n) is 13.2. The summed E-state index contributed by atoms with van der Waals surface area (Å²) < 4.78 is 5.38. The monoisotopic (exact) mass is 586 g/mol. The molecule has 0 radical (unpaired) electrons. The van der Waals surface area contributed by atoms with E-state index in [1.807, 2.05) is 0 Å². The van der Waals surface area contributed by atoms with E-state index in [0.717, 1.165) is 25.9 Å². The van der Waals surface area contributed by atoms with Crippen molar-refractivity contribution in [3.05, 3.63) is 89.5 Å². The van der Waals surface area contributed by atoms with Gasteiger partial charge in [0.15, 0.2) is 0 Å². The Morgan fingerprint density at radius 1 is 0.581 bits per heavy atom. The van der Waals surface area contributed by atoms with Crippen molar-refractivity contribution in [2.24, 2.45) is 0 Å². The largest absolute Gasteiger partial charge is 0.261 e. The first kappa shape index (κ1) is 35.1. The molecule has 43 heavy (non-hydrogen) atoms. The molecule has 0 spiro atoms. The predicted molar refractivity (Wildman–Crippen MR) is 187 cm³/mol. The molecule has 0 bridgehead atoms. The van der Waals surface area contributed by atoms with Crippen molar-refractivity contribution >= 4 is 0 Å². The molecule has 238 valence electrons. The Hall–Kier alpha value is -2.35. The van der Waals surface area contributed by atoms with E-state index < -0.39 is 0 Å². The van der Waals surface area contributed by atoms with Crippen LogP contribution in [0.5, 0.6) is 0 Å². The lowest BCUT2D eigenvalue weighted by molar-refractivity contribution is -0.704. The minimum atomic E-state index is 0.518. The molecule has 3 aromatic rings. The van der Waals surface area contributed by atoms with Crippen molar-refractivity contribution in [1.29, 1.82) is 0 Å². The Bertz CT molecular complexity index is 1070. The van der Waals surface area contributed by atoms with Gasteiger partial charge in [0, 0.05) is 6.42 Å². The summed E-state index contributed by atoms with van der Waals surface area (Å²) in [6, 6.07) is 22.3. The van der Waals surface area contributed by atoms with Crippen LogP contribution in [0, 0.1) is 0 Å². The molecule has 1 aromatic heterocycles. The fourth-order valence-electron chi connectivity index (χ4n) is 6.64. The Morgan fingerprint density at radius 2 is 1.07 bits per heavy atom. The Balaban J connectivity index is 1.63. The summed E-state index contributed by atoms with van der Waals surface area (Å²) in [7, 11) is 0. The standard InChI is InChI=1S/C41H65N2/c1-4-6-8-10-12-13-14-15-16-17-18-26-32-42-36-40(34-37(3)39-30-24-21-25-31-39)43(33-27-19-11-9-7-5-2)41(42)35-38-28-22-20-23-29-38/h20-25,28-31,36-37H,4-19,26-27,32-35H2,1-3H3/q+1. The van der Waals surface area contributed by atoms with Gasteiger partial charge < -0.3 is 0 Å². The number of aryl methyl sites for hydroxylation is 1. The van der Waals surface area contributed by atoms with E-state index in [-0.39, 0.29) is 0 Å². The minimum absolute atomic E-state index is 0.518. The third kappa shape index (κ3) is 13.9. The van der Waals surface area contributed by atoms with Crippen molar-refractivity contribution in [2.45, 2.75) is 168 Å². The highest BCUT2D eigenvalue weighted by Crippen LogP contribution is 2.23. The fourth-order valence-corrected chi connectivity index (χ4v) is 6.64. The Morgan fingerprint density at radius 3 is 1.63 bits per heavy atom. The Kier molecular flexibility index (Phi) is 18.1. The molecule has 0 saturated carbocycles. The van der Waals surface area contributed by atoms with Crippen LogP contribution in [0.1, 0.15) is 165 Å². The van der Waals surface area contributed by atoms with E-state index in [0.29, 0.717) is 5.92 Å². The summed E-state index contributed by atoms with van der Waals surface area (Å²) in [6.45, 7) is 9.32. The first-order valence-electron chi connectivity index (χ1n) is 18.4. The van der Waals surface area contributed by atoms with E-state index in [2.05, 4.69) is 96.8 Å². The van der Waals surface area contributed by atoms with Crippen molar-refractivity contribution in [3.63, 3.8) is 0 Å². The number of hydrogen-bond acceptors (Lipinski definition) is 0. The minimum Gasteiger partial charge on any atom is -0.234 e. The normalized spacial score (nSPS) is 12.2. The summed E-state index contributed by atoms with van der Waals surface area (Å²) in [5.74, 6) is 2.03. The zero-order valence-corrected chi connectivity index (χ0v) is 28.4. The molecule has 2 heteroatoms. The van der Waals surface area contributed by atoms with Gasteiger partial charge in [-0.2, -0.15) is 0 Å². The van der Waals surface area contributed by atoms with Gasteiger partial charge in [0.2, 0.25) is 0 Å². The van der Waals surface area contributed by atoms with Gasteiger partial charge in [0.1, 0.15) is 11.9 Å². The predicted octanol–water partition coefficient (Wildman–Crippen LogP) is 11.8. The molecule has 0 fully saturated rings. The molecule has 1 unspecified atom stereocenters. The summed E-state index contributed by atoms with van der Waals surface area (Å²) in [5.41, 5.74) is 4.40. The molecule has 0 amide bonds. The van der Waals surface area contributed by atoms with Crippen LogP contribution in [-0.4, -0.2) is 4.57 Å². The van der Waals surface area contributed by atoms with E-state index in [1.165, 1.54) is 138 Å². The SMILES string of the molecule is CCCCCCCCCCCCCC[n+]1cc(CC(C)c2ccccc2)n(CCCCCCCC)c1Cc1ccccc1. The number of hydrogen-bond donors (Lipinski definition) is 0. The molecular formula is C41H65N2+. The van der Waals surface area contributed by atoms with Crippen molar-refractivity contribution < 1.29 is 4.57 Å². The number of rotatable bonds is 25. The maximum atomic E-state index is 2.73. The summed E-state index contributed by atoms with van der Waals surface area (Å²) in [4.78, 5) is 0. The third-order valence-corrected chi connectivity index (χ3v) is 9.37. The van der Waals surface area contributed by atoms with Crippen LogP contribution in [0.3, 0.4) is 0 Å². The quantitative estimate of drug-likeness (QED) is 0.0690. The molecular weight excluding hydrogens is 520 g/mol. The van der Waals surface area contributed by atoms with Gasteiger partial charge in [0.05, 0.1) is 19.5 Å². The molecule has 0 aliphatic rings. The number of aromatic nitrogens is 2. The number of nitrogens with zero attached hydrogens (tertiary/aromatic N) is 2. The molecule has 0 saturated heterocycles. The van der Waals surface area contributed by atoms with E-state index in [1.54, 1.807) is 0 Å². The molecule has 0 aliphatic heterocycles. The van der Waals surface area contributed by atoms with Crippen molar-refractivity contribution in [3.8, 4) is 0 Å². The smallest absolute Gasteiger partial charge is 0.234 e. The highest BCUT2D eigenvalue weighted by Gasteiger charge is 2.25. The average molecular weight is 586 g/mol. The third-order valence-electron chi connectivity index (χ3n) is 9.37. The molecule has 0 N–H and O–H groups in total. The van der Waals surface area contributed by atoms with Gasteiger partial charge in [-0.1, -0.05) is 171 Å². The van der Waals surface area contributed by atoms with Crippen LogP contribution in [0.15, 0.2) is 66.9 Å². The van der Waals surface area contributed by atoms with E-state index in [9.17, 15) is 0 Å². The first-order chi connectivity index (χ1) is 21.2. The van der Waals surface area contributed by atoms with Crippen molar-refractivity contribution in [2.75, 3.05) is 0 Å². The maximum absolute atomic E-state index is 2.73. The lowest BCUT2D eigenvalue weighted by Crippen LogP contribution is -2.37. The number of imidazole rings is 1. The van der Waals surface area contributed by atoms with Crippen LogP contribution in [-0.2, 0) is 25.9 Å². The van der Waals surface area contributed by atoms with Crippen LogP contribution < -0.4 is 4.57 Å². The number of unbranched alkanes of at least 4 members (excludes halogenated alkanes) is 16. The van der Waals surface area contributed by atoms with Crippen LogP contribution in [0.4, 0.5) is 0 Å². The molecule has 3 rings (SSSR count). The van der Waals surface area contributed by atoms with E-state index in [4.69, 9.17) is 0 Å².